The molecule has 0 spiro atoms. The summed E-state index contributed by atoms with van der Waals surface area (Å²) in [4.78, 5) is 55.5. The molecule has 0 aliphatic carbocycles. The van der Waals surface area contributed by atoms with Crippen molar-refractivity contribution in [3.05, 3.63) is 44.5 Å². The van der Waals surface area contributed by atoms with E-state index < -0.39 is 35.9 Å². The number of hydrogen-bond donors (Lipinski definition) is 2. The quantitative estimate of drug-likeness (QED) is 0.308. The Morgan fingerprint density at radius 2 is 2.10 bits per heavy atom. The molecular weight excluding hydrogens is 535 g/mol. The maximum Gasteiger partial charge on any atom is 0.357 e. The molecule has 31 heavy (non-hydrogen) atoms. The molecule has 11 heteroatoms. The van der Waals surface area contributed by atoms with E-state index in [0.717, 1.165) is 19.8 Å². The number of urea groups is 1. The lowest BCUT2D eigenvalue weighted by molar-refractivity contribution is -0.134. The number of methoxy groups -OCH3 is 1. The highest BCUT2D eigenvalue weighted by Gasteiger charge is 2.45. The van der Waals surface area contributed by atoms with Crippen molar-refractivity contribution in [2.75, 3.05) is 12.4 Å². The number of nitrogens with one attached hydrogen (secondary N) is 2. The summed E-state index contributed by atoms with van der Waals surface area (Å²) in [6.07, 6.45) is 0.277. The predicted octanol–water partition coefficient (Wildman–Crippen LogP) is 3.18. The van der Waals surface area contributed by atoms with Crippen LogP contribution in [0.25, 0.3) is 0 Å². The average Bonchev–Trinajstić information content (AvgIpc) is 3.29. The summed E-state index contributed by atoms with van der Waals surface area (Å²) in [5.74, 6) is -1.62. The lowest BCUT2D eigenvalue weighted by Crippen LogP contribution is -2.48. The number of imide groups is 1. The highest BCUT2D eigenvalue weighted by atomic mass is 127. The molecule has 2 aromatic rings. The normalized spacial score (nSPS) is 16.9. The number of esters is 1. The minimum absolute atomic E-state index is 0.0370. The molecule has 1 aromatic carbocycles. The van der Waals surface area contributed by atoms with Crippen molar-refractivity contribution in [1.29, 1.82) is 0 Å². The Morgan fingerprint density at radius 3 is 2.74 bits per heavy atom. The Bertz CT molecular complexity index is 1020. The van der Waals surface area contributed by atoms with E-state index in [1.807, 2.05) is 26.0 Å². The highest BCUT2D eigenvalue weighted by Crippen LogP contribution is 2.27. The molecule has 9 nitrogen and oxygen atoms in total. The molecule has 0 bridgehead atoms. The Labute approximate surface area is 196 Å². The number of amides is 4. The molecule has 2 heterocycles. The summed E-state index contributed by atoms with van der Waals surface area (Å²) < 4.78 is 5.54. The third-order valence-electron chi connectivity index (χ3n) is 4.59. The first-order valence-corrected chi connectivity index (χ1v) is 11.4. The van der Waals surface area contributed by atoms with E-state index in [-0.39, 0.29) is 23.2 Å². The van der Waals surface area contributed by atoms with Gasteiger partial charge < -0.3 is 15.4 Å². The lowest BCUT2D eigenvalue weighted by Gasteiger charge is -2.25. The highest BCUT2D eigenvalue weighted by molar-refractivity contribution is 14.1. The number of carbonyl (C=O) groups excluding carboxylic acids is 4. The van der Waals surface area contributed by atoms with Crippen molar-refractivity contribution < 1.29 is 23.9 Å². The van der Waals surface area contributed by atoms with E-state index in [9.17, 15) is 19.2 Å². The molecule has 1 aromatic heterocycles. The maximum atomic E-state index is 13.1. The summed E-state index contributed by atoms with van der Waals surface area (Å²) in [6, 6.07) is 4.77. The first-order chi connectivity index (χ1) is 14.7. The molecule has 1 aliphatic heterocycles. The van der Waals surface area contributed by atoms with Gasteiger partial charge in [-0.25, -0.2) is 19.5 Å². The fraction of sp³-hybridized carbons (Fsp3) is 0.350. The summed E-state index contributed by atoms with van der Waals surface area (Å²) in [7, 11) is 1.24. The number of aromatic nitrogens is 1. The lowest BCUT2D eigenvalue weighted by atomic mass is 10.0. The molecule has 164 valence electrons. The smallest absolute Gasteiger partial charge is 0.357 e. The standard InChI is InChI=1S/C20H21IN4O5S/c1-10(2)7-14(16(26)24-19-22-13(9-31-19)18(28)30-3)25-17(27)15(23-20(25)29)11-5-4-6-12(21)8-11/h4-6,8-10,14-15H,7H2,1-3H3,(H,23,29)(H,22,24,26)/t14-,15?/m0/s1. The molecule has 1 aliphatic rings. The van der Waals surface area contributed by atoms with Gasteiger partial charge in [0.05, 0.1) is 7.11 Å². The zero-order valence-corrected chi connectivity index (χ0v) is 20.0. The molecule has 1 fully saturated rings. The number of anilines is 1. The van der Waals surface area contributed by atoms with E-state index in [1.165, 1.54) is 12.5 Å². The predicted molar refractivity (Wildman–Crippen MR) is 123 cm³/mol. The van der Waals surface area contributed by atoms with Crippen LogP contribution in [0.1, 0.15) is 42.4 Å². The molecule has 2 atom stereocenters. The van der Waals surface area contributed by atoms with Crippen LogP contribution in [0.3, 0.4) is 0 Å². The number of benzene rings is 1. The third-order valence-corrected chi connectivity index (χ3v) is 6.02. The number of rotatable bonds is 7. The van der Waals surface area contributed by atoms with Gasteiger partial charge >= 0.3 is 12.0 Å². The number of nitrogens with zero attached hydrogens (tertiary/aromatic N) is 2. The fourth-order valence-corrected chi connectivity index (χ4v) is 4.45. The second kappa shape index (κ2) is 9.73. The van der Waals surface area contributed by atoms with Gasteiger partial charge in [0, 0.05) is 8.95 Å². The monoisotopic (exact) mass is 556 g/mol. The Morgan fingerprint density at radius 1 is 1.35 bits per heavy atom. The van der Waals surface area contributed by atoms with Crippen LogP contribution in [-0.4, -0.2) is 46.9 Å². The van der Waals surface area contributed by atoms with Crippen LogP contribution < -0.4 is 10.6 Å². The molecule has 3 rings (SSSR count). The Hall–Kier alpha value is -2.54. The van der Waals surface area contributed by atoms with Gasteiger partial charge in [-0.05, 0) is 52.6 Å². The first-order valence-electron chi connectivity index (χ1n) is 9.45. The van der Waals surface area contributed by atoms with Crippen molar-refractivity contribution in [3.63, 3.8) is 0 Å². The Kier molecular flexibility index (Phi) is 7.26. The molecule has 0 saturated carbocycles. The van der Waals surface area contributed by atoms with Crippen LogP contribution >= 0.6 is 33.9 Å². The summed E-state index contributed by atoms with van der Waals surface area (Å²) in [5.41, 5.74) is 0.719. The first kappa shape index (κ1) is 23.1. The van der Waals surface area contributed by atoms with E-state index in [4.69, 9.17) is 0 Å². The zero-order chi connectivity index (χ0) is 22.7. The number of carbonyl (C=O) groups is 4. The van der Waals surface area contributed by atoms with E-state index >= 15 is 0 Å². The third kappa shape index (κ3) is 5.21. The van der Waals surface area contributed by atoms with Crippen molar-refractivity contribution >= 4 is 62.9 Å². The van der Waals surface area contributed by atoms with Crippen molar-refractivity contribution in [3.8, 4) is 0 Å². The number of ether oxygens (including phenoxy) is 1. The summed E-state index contributed by atoms with van der Waals surface area (Å²) in [6.45, 7) is 3.79. The van der Waals surface area contributed by atoms with Crippen LogP contribution in [0.5, 0.6) is 0 Å². The van der Waals surface area contributed by atoms with Crippen LogP contribution in [0.4, 0.5) is 9.93 Å². The number of thiazole rings is 1. The van der Waals surface area contributed by atoms with Crippen LogP contribution in [0.2, 0.25) is 0 Å². The second-order valence-electron chi connectivity index (χ2n) is 7.31. The fourth-order valence-electron chi connectivity index (χ4n) is 3.20. The van der Waals surface area contributed by atoms with Gasteiger partial charge in [0.2, 0.25) is 5.91 Å². The summed E-state index contributed by atoms with van der Waals surface area (Å²) >= 11 is 3.18. The molecular formula is C20H21IN4O5S. The molecule has 1 unspecified atom stereocenters. The van der Waals surface area contributed by atoms with Gasteiger partial charge in [-0.15, -0.1) is 11.3 Å². The van der Waals surface area contributed by atoms with E-state index in [2.05, 4.69) is 42.9 Å². The van der Waals surface area contributed by atoms with Gasteiger partial charge in [0.15, 0.2) is 10.8 Å². The topological polar surface area (TPSA) is 118 Å². The number of halogens is 1. The van der Waals surface area contributed by atoms with Crippen molar-refractivity contribution in [2.24, 2.45) is 5.92 Å². The van der Waals surface area contributed by atoms with Crippen LogP contribution in [-0.2, 0) is 14.3 Å². The number of hydrogen-bond acceptors (Lipinski definition) is 7. The van der Waals surface area contributed by atoms with Gasteiger partial charge in [-0.2, -0.15) is 0 Å². The minimum atomic E-state index is -1.02. The molecule has 1 saturated heterocycles. The Balaban J connectivity index is 1.83. The van der Waals surface area contributed by atoms with Gasteiger partial charge in [0.25, 0.3) is 5.91 Å². The van der Waals surface area contributed by atoms with Crippen LogP contribution in [0.15, 0.2) is 29.6 Å². The van der Waals surface area contributed by atoms with Crippen LogP contribution in [0, 0.1) is 9.49 Å². The zero-order valence-electron chi connectivity index (χ0n) is 17.0. The van der Waals surface area contributed by atoms with Gasteiger partial charge in [-0.3, -0.25) is 9.59 Å². The van der Waals surface area contributed by atoms with Gasteiger partial charge in [0.1, 0.15) is 12.1 Å². The second-order valence-corrected chi connectivity index (χ2v) is 9.41. The molecule has 4 amide bonds. The minimum Gasteiger partial charge on any atom is -0.464 e. The molecule has 2 N–H and O–H groups in total. The van der Waals surface area contributed by atoms with Crippen molar-refractivity contribution in [2.45, 2.75) is 32.4 Å². The van der Waals surface area contributed by atoms with Crippen molar-refractivity contribution in [1.82, 2.24) is 15.2 Å². The van der Waals surface area contributed by atoms with E-state index in [1.54, 1.807) is 12.1 Å². The maximum absolute atomic E-state index is 13.1. The largest absolute Gasteiger partial charge is 0.464 e. The van der Waals surface area contributed by atoms with E-state index in [0.29, 0.717) is 5.56 Å². The molecule has 0 radical (unpaired) electrons. The van der Waals surface area contributed by atoms with Gasteiger partial charge in [-0.1, -0.05) is 26.0 Å². The summed E-state index contributed by atoms with van der Waals surface area (Å²) in [5, 5.41) is 6.93. The SMILES string of the molecule is COC(=O)c1csc(NC(=O)[C@H](CC(C)C)N2C(=O)NC(c3cccc(I)c3)C2=O)n1. The average molecular weight is 556 g/mol.